The van der Waals surface area contributed by atoms with E-state index in [9.17, 15) is 9.90 Å². The molecule has 0 aromatic carbocycles. The largest absolute Gasteiger partial charge is 0.481 e. The molecule has 0 bridgehead atoms. The number of aryl methyl sites for hydroxylation is 1. The smallest absolute Gasteiger partial charge is 0.306 e. The van der Waals surface area contributed by atoms with Crippen molar-refractivity contribution < 1.29 is 15.0 Å². The van der Waals surface area contributed by atoms with Gasteiger partial charge in [-0.25, -0.2) is 4.98 Å². The number of hydrogen-bond donors (Lipinski definition) is 2. The van der Waals surface area contributed by atoms with Crippen LogP contribution in [0.1, 0.15) is 24.6 Å². The molecule has 0 aliphatic heterocycles. The van der Waals surface area contributed by atoms with Gasteiger partial charge in [0.2, 0.25) is 0 Å². The van der Waals surface area contributed by atoms with Gasteiger partial charge in [-0.05, 0) is 18.4 Å². The number of aromatic nitrogens is 2. The summed E-state index contributed by atoms with van der Waals surface area (Å²) in [5.74, 6) is -0.402. The molecule has 1 aliphatic rings. The third kappa shape index (κ3) is 2.39. The van der Waals surface area contributed by atoms with Crippen molar-refractivity contribution in [3.63, 3.8) is 0 Å². The van der Waals surface area contributed by atoms with Crippen molar-refractivity contribution in [2.45, 2.75) is 18.8 Å². The first-order valence-electron chi connectivity index (χ1n) is 5.62. The highest BCUT2D eigenvalue weighted by Gasteiger charge is 2.29. The predicted octanol–water partition coefficient (Wildman–Crippen LogP) is 0.917. The standard InChI is InChI=1S/C12H16N2O3/c1-14-3-2-13-11(14)9-4-8(7-15)5-10(6-9)12(16)17/h2-4,9-10,15H,5-7H2,1H3,(H,16,17). The van der Waals surface area contributed by atoms with Crippen LogP contribution >= 0.6 is 0 Å². The number of carboxylic acids is 1. The summed E-state index contributed by atoms with van der Waals surface area (Å²) in [5.41, 5.74) is 0.789. The van der Waals surface area contributed by atoms with Crippen LogP contribution in [0.4, 0.5) is 0 Å². The van der Waals surface area contributed by atoms with Crippen LogP contribution in [0, 0.1) is 5.92 Å². The molecule has 0 saturated carbocycles. The molecule has 5 nitrogen and oxygen atoms in total. The van der Waals surface area contributed by atoms with Gasteiger partial charge in [0.15, 0.2) is 0 Å². The van der Waals surface area contributed by atoms with E-state index < -0.39 is 11.9 Å². The van der Waals surface area contributed by atoms with E-state index in [1.165, 1.54) is 0 Å². The Morgan fingerprint density at radius 1 is 1.65 bits per heavy atom. The molecule has 92 valence electrons. The monoisotopic (exact) mass is 236 g/mol. The molecule has 0 fully saturated rings. The second kappa shape index (κ2) is 4.71. The average Bonchev–Trinajstić information content (AvgIpc) is 2.74. The molecule has 1 heterocycles. The van der Waals surface area contributed by atoms with E-state index in [1.54, 1.807) is 6.20 Å². The summed E-state index contributed by atoms with van der Waals surface area (Å²) < 4.78 is 1.89. The molecule has 2 N–H and O–H groups in total. The van der Waals surface area contributed by atoms with Crippen molar-refractivity contribution in [2.24, 2.45) is 13.0 Å². The van der Waals surface area contributed by atoms with E-state index in [4.69, 9.17) is 5.11 Å². The molecule has 2 unspecified atom stereocenters. The molecule has 1 aliphatic carbocycles. The Morgan fingerprint density at radius 3 is 2.94 bits per heavy atom. The maximum atomic E-state index is 11.1. The third-order valence-corrected chi connectivity index (χ3v) is 3.23. The summed E-state index contributed by atoms with van der Waals surface area (Å²) in [4.78, 5) is 15.3. The summed E-state index contributed by atoms with van der Waals surface area (Å²) in [6.45, 7) is -0.0787. The Balaban J connectivity index is 2.28. The SMILES string of the molecule is Cn1ccnc1C1C=C(CO)CC(C(=O)O)C1. The normalized spacial score (nSPS) is 24.5. The Morgan fingerprint density at radius 2 is 2.41 bits per heavy atom. The van der Waals surface area contributed by atoms with Gasteiger partial charge in [-0.1, -0.05) is 6.08 Å². The van der Waals surface area contributed by atoms with Crippen LogP contribution in [0.25, 0.3) is 0 Å². The number of aliphatic carboxylic acids is 1. The van der Waals surface area contributed by atoms with E-state index in [2.05, 4.69) is 4.98 Å². The minimum Gasteiger partial charge on any atom is -0.481 e. The van der Waals surface area contributed by atoms with Crippen LogP contribution in [-0.4, -0.2) is 32.3 Å². The second-order valence-electron chi connectivity index (χ2n) is 4.46. The number of hydrogen-bond acceptors (Lipinski definition) is 3. The Kier molecular flexibility index (Phi) is 3.28. The molecule has 5 heteroatoms. The molecular formula is C12H16N2O3. The van der Waals surface area contributed by atoms with Crippen molar-refractivity contribution >= 4 is 5.97 Å². The van der Waals surface area contributed by atoms with Gasteiger partial charge in [0, 0.05) is 25.4 Å². The first-order chi connectivity index (χ1) is 8.11. The number of allylic oxidation sites excluding steroid dienone is 1. The van der Waals surface area contributed by atoms with E-state index in [0.717, 1.165) is 11.4 Å². The number of carboxylic acid groups (broad SMARTS) is 1. The maximum absolute atomic E-state index is 11.1. The zero-order valence-electron chi connectivity index (χ0n) is 9.71. The van der Waals surface area contributed by atoms with E-state index >= 15 is 0 Å². The van der Waals surface area contributed by atoms with Crippen LogP contribution < -0.4 is 0 Å². The van der Waals surface area contributed by atoms with Gasteiger partial charge in [0.05, 0.1) is 12.5 Å². The summed E-state index contributed by atoms with van der Waals surface area (Å²) in [5, 5.41) is 18.3. The molecule has 0 spiro atoms. The number of aliphatic hydroxyl groups is 1. The summed E-state index contributed by atoms with van der Waals surface area (Å²) in [6.07, 6.45) is 6.47. The minimum absolute atomic E-state index is 0.0213. The lowest BCUT2D eigenvalue weighted by atomic mass is 9.82. The maximum Gasteiger partial charge on any atom is 0.306 e. The predicted molar refractivity (Wildman–Crippen MR) is 61.5 cm³/mol. The molecular weight excluding hydrogens is 220 g/mol. The topological polar surface area (TPSA) is 75.3 Å². The van der Waals surface area contributed by atoms with Gasteiger partial charge < -0.3 is 14.8 Å². The number of carbonyl (C=O) groups is 1. The van der Waals surface area contributed by atoms with Crippen LogP contribution in [0.2, 0.25) is 0 Å². The van der Waals surface area contributed by atoms with E-state index in [-0.39, 0.29) is 12.5 Å². The van der Waals surface area contributed by atoms with Crippen molar-refractivity contribution in [1.82, 2.24) is 9.55 Å². The van der Waals surface area contributed by atoms with E-state index in [0.29, 0.717) is 12.8 Å². The minimum atomic E-state index is -0.803. The van der Waals surface area contributed by atoms with Gasteiger partial charge in [-0.15, -0.1) is 0 Å². The van der Waals surface area contributed by atoms with Crippen molar-refractivity contribution in [1.29, 1.82) is 0 Å². The van der Waals surface area contributed by atoms with Gasteiger partial charge in [0.1, 0.15) is 5.82 Å². The average molecular weight is 236 g/mol. The Labute approximate surface area is 99.4 Å². The molecule has 0 amide bonds. The van der Waals surface area contributed by atoms with Crippen molar-refractivity contribution in [3.8, 4) is 0 Å². The summed E-state index contributed by atoms with van der Waals surface area (Å²) >= 11 is 0. The summed E-state index contributed by atoms with van der Waals surface area (Å²) in [6, 6.07) is 0. The Hall–Kier alpha value is -1.62. The number of rotatable bonds is 3. The molecule has 2 atom stereocenters. The first kappa shape index (κ1) is 11.9. The highest BCUT2D eigenvalue weighted by molar-refractivity contribution is 5.71. The lowest BCUT2D eigenvalue weighted by Gasteiger charge is -2.25. The molecule has 0 saturated heterocycles. The van der Waals surface area contributed by atoms with Crippen LogP contribution in [0.15, 0.2) is 24.0 Å². The third-order valence-electron chi connectivity index (χ3n) is 3.23. The molecule has 1 aromatic rings. The zero-order valence-corrected chi connectivity index (χ0v) is 9.71. The number of nitrogens with zero attached hydrogens (tertiary/aromatic N) is 2. The fraction of sp³-hybridized carbons (Fsp3) is 0.500. The van der Waals surface area contributed by atoms with Crippen molar-refractivity contribution in [3.05, 3.63) is 29.9 Å². The highest BCUT2D eigenvalue weighted by atomic mass is 16.4. The quantitative estimate of drug-likeness (QED) is 0.765. The molecule has 1 aromatic heterocycles. The number of imidazole rings is 1. The fourth-order valence-electron chi connectivity index (χ4n) is 2.35. The lowest BCUT2D eigenvalue weighted by molar-refractivity contribution is -0.142. The highest BCUT2D eigenvalue weighted by Crippen LogP contribution is 2.33. The van der Waals surface area contributed by atoms with Crippen LogP contribution in [0.5, 0.6) is 0 Å². The lowest BCUT2D eigenvalue weighted by Crippen LogP contribution is -2.23. The fourth-order valence-corrected chi connectivity index (χ4v) is 2.35. The van der Waals surface area contributed by atoms with Gasteiger partial charge >= 0.3 is 5.97 Å². The zero-order chi connectivity index (χ0) is 12.4. The van der Waals surface area contributed by atoms with Crippen molar-refractivity contribution in [2.75, 3.05) is 6.61 Å². The first-order valence-corrected chi connectivity index (χ1v) is 5.62. The molecule has 17 heavy (non-hydrogen) atoms. The van der Waals surface area contributed by atoms with Gasteiger partial charge in [-0.3, -0.25) is 4.79 Å². The second-order valence-corrected chi connectivity index (χ2v) is 4.46. The number of aliphatic hydroxyl groups excluding tert-OH is 1. The van der Waals surface area contributed by atoms with Crippen LogP contribution in [0.3, 0.4) is 0 Å². The Bertz CT molecular complexity index is 450. The molecule has 0 radical (unpaired) electrons. The summed E-state index contributed by atoms with van der Waals surface area (Å²) in [7, 11) is 1.89. The van der Waals surface area contributed by atoms with Gasteiger partial charge in [0.25, 0.3) is 0 Å². The van der Waals surface area contributed by atoms with E-state index in [1.807, 2.05) is 23.9 Å². The van der Waals surface area contributed by atoms with Crippen LogP contribution in [-0.2, 0) is 11.8 Å². The van der Waals surface area contributed by atoms with Gasteiger partial charge in [-0.2, -0.15) is 0 Å². The molecule has 2 rings (SSSR count).